The van der Waals surface area contributed by atoms with Crippen LogP contribution in [0.2, 0.25) is 0 Å². The maximum Gasteiger partial charge on any atom is 0.235 e. The number of rotatable bonds is 10. The minimum absolute atomic E-state index is 0.00960. The third kappa shape index (κ3) is 8.37. The molecule has 1 amide bonds. The first-order valence-corrected chi connectivity index (χ1v) is 10.8. The van der Waals surface area contributed by atoms with E-state index in [0.717, 1.165) is 16.7 Å². The summed E-state index contributed by atoms with van der Waals surface area (Å²) in [5.41, 5.74) is 3.03. The van der Waals surface area contributed by atoms with Crippen molar-refractivity contribution in [3.63, 3.8) is 0 Å². The van der Waals surface area contributed by atoms with Crippen LogP contribution in [0.25, 0.3) is 0 Å². The molecule has 0 heterocycles. The van der Waals surface area contributed by atoms with E-state index in [9.17, 15) is 13.2 Å². The lowest BCUT2D eigenvalue weighted by atomic mass is 10.1. The van der Waals surface area contributed by atoms with Gasteiger partial charge in [0.2, 0.25) is 5.91 Å². The Labute approximate surface area is 161 Å². The van der Waals surface area contributed by atoms with E-state index in [1.165, 1.54) is 0 Å². The maximum absolute atomic E-state index is 11.9. The molecule has 1 N–H and O–H groups in total. The molecule has 0 spiro atoms. The molecule has 0 radical (unpaired) electrons. The topological polar surface area (TPSA) is 72.5 Å². The smallest absolute Gasteiger partial charge is 0.235 e. The quantitative estimate of drug-likeness (QED) is 0.678. The first-order valence-electron chi connectivity index (χ1n) is 9.00. The number of carbonyl (C=O) groups is 1. The second-order valence-electron chi connectivity index (χ2n) is 7.02. The predicted octanol–water partition coefficient (Wildman–Crippen LogP) is 3.09. The maximum atomic E-state index is 11.9. The summed E-state index contributed by atoms with van der Waals surface area (Å²) in [6.07, 6.45) is 0. The number of amides is 1. The number of nitrogens with one attached hydrogen (secondary N) is 1. The van der Waals surface area contributed by atoms with Crippen molar-refractivity contribution in [3.8, 4) is 0 Å². The van der Waals surface area contributed by atoms with Crippen molar-refractivity contribution in [1.82, 2.24) is 5.32 Å². The molecule has 0 atom stereocenters. The lowest BCUT2D eigenvalue weighted by Gasteiger charge is -2.09. The molecule has 0 saturated carbocycles. The summed E-state index contributed by atoms with van der Waals surface area (Å²) < 4.78 is 29.5. The van der Waals surface area contributed by atoms with E-state index < -0.39 is 21.5 Å². The van der Waals surface area contributed by atoms with Crippen molar-refractivity contribution in [1.29, 1.82) is 0 Å². The Bertz CT molecular complexity index is 832. The van der Waals surface area contributed by atoms with Gasteiger partial charge in [-0.3, -0.25) is 4.79 Å². The van der Waals surface area contributed by atoms with Gasteiger partial charge in [0.25, 0.3) is 0 Å². The fourth-order valence-electron chi connectivity index (χ4n) is 2.71. The van der Waals surface area contributed by atoms with Gasteiger partial charge < -0.3 is 10.1 Å². The highest BCUT2D eigenvalue weighted by atomic mass is 32.2. The summed E-state index contributed by atoms with van der Waals surface area (Å²) in [5, 5.41) is 2.68. The number of ether oxygens (including phenoxy) is 1. The van der Waals surface area contributed by atoms with Crippen LogP contribution in [-0.4, -0.2) is 25.8 Å². The molecule has 5 nitrogen and oxygen atoms in total. The standard InChI is InChI=1S/C21H27NO4S/c1-17(2)15-27(24,25)16-21(23)22-12-19-9-6-10-20(11-19)14-26-13-18-7-4-3-5-8-18/h3-11,17H,12-16H2,1-2H3,(H,22,23). The Morgan fingerprint density at radius 1 is 0.963 bits per heavy atom. The number of benzene rings is 2. The second kappa shape index (κ2) is 10.2. The van der Waals surface area contributed by atoms with Crippen molar-refractivity contribution in [2.24, 2.45) is 5.92 Å². The van der Waals surface area contributed by atoms with Crippen molar-refractivity contribution in [3.05, 3.63) is 71.3 Å². The van der Waals surface area contributed by atoms with Crippen molar-refractivity contribution in [2.45, 2.75) is 33.6 Å². The zero-order valence-electron chi connectivity index (χ0n) is 15.9. The van der Waals surface area contributed by atoms with Gasteiger partial charge in [-0.25, -0.2) is 8.42 Å². The number of hydrogen-bond acceptors (Lipinski definition) is 4. The predicted molar refractivity (Wildman–Crippen MR) is 107 cm³/mol. The van der Waals surface area contributed by atoms with Gasteiger partial charge in [0.1, 0.15) is 5.75 Å². The van der Waals surface area contributed by atoms with E-state index in [-0.39, 0.29) is 11.7 Å². The molecule has 146 valence electrons. The van der Waals surface area contributed by atoms with Gasteiger partial charge in [-0.2, -0.15) is 0 Å². The molecule has 0 unspecified atom stereocenters. The van der Waals surface area contributed by atoms with Crippen molar-refractivity contribution >= 4 is 15.7 Å². The molecule has 0 aliphatic carbocycles. The molecule has 0 saturated heterocycles. The summed E-state index contributed by atoms with van der Waals surface area (Å²) in [7, 11) is -3.36. The third-order valence-electron chi connectivity index (χ3n) is 3.80. The van der Waals surface area contributed by atoms with Crippen LogP contribution in [0, 0.1) is 5.92 Å². The van der Waals surface area contributed by atoms with Gasteiger partial charge >= 0.3 is 0 Å². The lowest BCUT2D eigenvalue weighted by molar-refractivity contribution is -0.118. The Morgan fingerprint density at radius 3 is 2.30 bits per heavy atom. The molecular formula is C21H27NO4S. The van der Waals surface area contributed by atoms with Crippen LogP contribution < -0.4 is 5.32 Å². The van der Waals surface area contributed by atoms with Crippen LogP contribution in [-0.2, 0) is 39.1 Å². The van der Waals surface area contributed by atoms with E-state index in [1.807, 2.05) is 68.4 Å². The van der Waals surface area contributed by atoms with Crippen molar-refractivity contribution in [2.75, 3.05) is 11.5 Å². The zero-order valence-corrected chi connectivity index (χ0v) is 16.7. The summed E-state index contributed by atoms with van der Waals surface area (Å²) in [6, 6.07) is 17.7. The molecule has 2 rings (SSSR count). The highest BCUT2D eigenvalue weighted by molar-refractivity contribution is 7.92. The van der Waals surface area contributed by atoms with Crippen LogP contribution >= 0.6 is 0 Å². The highest BCUT2D eigenvalue weighted by Gasteiger charge is 2.17. The molecule has 0 aromatic heterocycles. The van der Waals surface area contributed by atoms with Crippen LogP contribution in [0.5, 0.6) is 0 Å². The number of carbonyl (C=O) groups excluding carboxylic acids is 1. The molecule has 0 aliphatic rings. The molecular weight excluding hydrogens is 362 g/mol. The fourth-order valence-corrected chi connectivity index (χ4v) is 4.34. The molecule has 27 heavy (non-hydrogen) atoms. The Hall–Kier alpha value is -2.18. The molecule has 2 aromatic carbocycles. The van der Waals surface area contributed by atoms with Crippen LogP contribution in [0.3, 0.4) is 0 Å². The Kier molecular flexibility index (Phi) is 8.00. The van der Waals surface area contributed by atoms with Gasteiger partial charge in [0, 0.05) is 6.54 Å². The highest BCUT2D eigenvalue weighted by Crippen LogP contribution is 2.09. The number of sulfone groups is 1. The average molecular weight is 390 g/mol. The van der Waals surface area contributed by atoms with E-state index >= 15 is 0 Å². The summed E-state index contributed by atoms with van der Waals surface area (Å²) >= 11 is 0. The lowest BCUT2D eigenvalue weighted by Crippen LogP contribution is -2.31. The Morgan fingerprint density at radius 2 is 1.59 bits per heavy atom. The zero-order chi connectivity index (χ0) is 19.7. The molecule has 2 aromatic rings. The van der Waals surface area contributed by atoms with Gasteiger partial charge in [-0.15, -0.1) is 0 Å². The van der Waals surface area contributed by atoms with E-state index in [0.29, 0.717) is 19.8 Å². The first kappa shape index (κ1) is 21.1. The normalized spacial score (nSPS) is 11.5. The first-order chi connectivity index (χ1) is 12.8. The minimum atomic E-state index is -3.36. The summed E-state index contributed by atoms with van der Waals surface area (Å²) in [6.45, 7) is 4.94. The van der Waals surface area contributed by atoms with Gasteiger partial charge in [0.05, 0.1) is 19.0 Å². The van der Waals surface area contributed by atoms with E-state index in [4.69, 9.17) is 4.74 Å². The van der Waals surface area contributed by atoms with Crippen LogP contribution in [0.4, 0.5) is 0 Å². The van der Waals surface area contributed by atoms with Gasteiger partial charge in [0.15, 0.2) is 9.84 Å². The van der Waals surface area contributed by atoms with Crippen LogP contribution in [0.1, 0.15) is 30.5 Å². The molecule has 0 bridgehead atoms. The number of hydrogen-bond donors (Lipinski definition) is 1. The molecule has 0 fully saturated rings. The van der Waals surface area contributed by atoms with Crippen molar-refractivity contribution < 1.29 is 17.9 Å². The fraction of sp³-hybridized carbons (Fsp3) is 0.381. The van der Waals surface area contributed by atoms with Gasteiger partial charge in [-0.1, -0.05) is 68.4 Å². The monoisotopic (exact) mass is 389 g/mol. The minimum Gasteiger partial charge on any atom is -0.372 e. The largest absolute Gasteiger partial charge is 0.372 e. The third-order valence-corrected chi connectivity index (χ3v) is 5.68. The summed E-state index contributed by atoms with van der Waals surface area (Å²) in [5.74, 6) is -0.906. The molecule has 6 heteroatoms. The van der Waals surface area contributed by atoms with Gasteiger partial charge in [-0.05, 0) is 22.6 Å². The SMILES string of the molecule is CC(C)CS(=O)(=O)CC(=O)NCc1cccc(COCc2ccccc2)c1. The van der Waals surface area contributed by atoms with E-state index in [1.54, 1.807) is 0 Å². The van der Waals surface area contributed by atoms with E-state index in [2.05, 4.69) is 5.32 Å². The van der Waals surface area contributed by atoms with Crippen LogP contribution in [0.15, 0.2) is 54.6 Å². The summed E-state index contributed by atoms with van der Waals surface area (Å²) in [4.78, 5) is 11.9. The Balaban J connectivity index is 1.80. The average Bonchev–Trinajstić information content (AvgIpc) is 2.60. The molecule has 0 aliphatic heterocycles. The second-order valence-corrected chi connectivity index (χ2v) is 9.13.